The number of piperazine rings is 1. The number of rotatable bonds is 4. The Hall–Kier alpha value is -2.98. The molecule has 0 aliphatic carbocycles. The van der Waals surface area contributed by atoms with Gasteiger partial charge < -0.3 is 9.47 Å². The van der Waals surface area contributed by atoms with Crippen LogP contribution < -0.4 is 0 Å². The predicted octanol–water partition coefficient (Wildman–Crippen LogP) is 1.52. The van der Waals surface area contributed by atoms with E-state index in [1.54, 1.807) is 38.7 Å². The molecule has 29 heavy (non-hydrogen) atoms. The summed E-state index contributed by atoms with van der Waals surface area (Å²) in [6, 6.07) is 9.52. The van der Waals surface area contributed by atoms with Gasteiger partial charge >= 0.3 is 0 Å². The van der Waals surface area contributed by atoms with E-state index < -0.39 is 10.0 Å². The molecule has 0 bridgehead atoms. The molecule has 1 aliphatic rings. The number of sulfonamides is 1. The van der Waals surface area contributed by atoms with Gasteiger partial charge in [0.05, 0.1) is 18.1 Å². The minimum Gasteiger partial charge on any atom is -0.336 e. The average molecular weight is 417 g/mol. The Morgan fingerprint density at radius 1 is 1.03 bits per heavy atom. The molecule has 4 rings (SSSR count). The SMILES string of the molecule is CS(=O)(=O)N1CCN(C(=O)c2cnn(-c3ccc(F)cc3)c2-n2cccc2)CC1. The molecule has 0 radical (unpaired) electrons. The van der Waals surface area contributed by atoms with E-state index in [9.17, 15) is 17.6 Å². The van der Waals surface area contributed by atoms with Crippen molar-refractivity contribution < 1.29 is 17.6 Å². The van der Waals surface area contributed by atoms with Crippen LogP contribution in [0.3, 0.4) is 0 Å². The molecular formula is C19H20FN5O3S. The van der Waals surface area contributed by atoms with Crippen LogP contribution >= 0.6 is 0 Å². The third-order valence-electron chi connectivity index (χ3n) is 4.89. The maximum absolute atomic E-state index is 13.3. The first-order valence-electron chi connectivity index (χ1n) is 9.06. The van der Waals surface area contributed by atoms with Gasteiger partial charge in [-0.25, -0.2) is 17.5 Å². The monoisotopic (exact) mass is 417 g/mol. The maximum Gasteiger partial charge on any atom is 0.259 e. The minimum atomic E-state index is -3.27. The Bertz CT molecular complexity index is 1120. The van der Waals surface area contributed by atoms with Crippen molar-refractivity contribution in [3.63, 3.8) is 0 Å². The summed E-state index contributed by atoms with van der Waals surface area (Å²) in [5.41, 5.74) is 1.01. The van der Waals surface area contributed by atoms with Gasteiger partial charge in [-0.3, -0.25) is 4.79 Å². The van der Waals surface area contributed by atoms with Crippen LogP contribution in [0, 0.1) is 5.82 Å². The molecule has 1 fully saturated rings. The summed E-state index contributed by atoms with van der Waals surface area (Å²) in [6.07, 6.45) is 6.26. The summed E-state index contributed by atoms with van der Waals surface area (Å²) in [5.74, 6) is -0.0455. The molecule has 1 aromatic carbocycles. The lowest BCUT2D eigenvalue weighted by atomic mass is 10.2. The third-order valence-corrected chi connectivity index (χ3v) is 6.19. The zero-order valence-electron chi connectivity index (χ0n) is 15.8. The summed E-state index contributed by atoms with van der Waals surface area (Å²) >= 11 is 0. The van der Waals surface area contributed by atoms with Gasteiger partial charge in [-0.1, -0.05) is 0 Å². The van der Waals surface area contributed by atoms with Crippen molar-refractivity contribution in [2.75, 3.05) is 32.4 Å². The largest absolute Gasteiger partial charge is 0.336 e. The smallest absolute Gasteiger partial charge is 0.259 e. The second kappa shape index (κ2) is 7.45. The summed E-state index contributed by atoms with van der Waals surface area (Å²) in [5, 5.41) is 4.36. The summed E-state index contributed by atoms with van der Waals surface area (Å²) in [6.45, 7) is 1.13. The molecule has 0 N–H and O–H groups in total. The summed E-state index contributed by atoms with van der Waals surface area (Å²) in [7, 11) is -3.27. The van der Waals surface area contributed by atoms with Gasteiger partial charge in [0.15, 0.2) is 5.82 Å². The molecule has 1 saturated heterocycles. The number of aromatic nitrogens is 3. The van der Waals surface area contributed by atoms with Crippen molar-refractivity contribution in [1.82, 2.24) is 23.6 Å². The standard InChI is InChI=1S/C19H20FN5O3S/c1-29(27,28)24-12-10-23(11-13-24)19(26)17-14-21-25(16-6-4-15(20)5-7-16)18(17)22-8-2-3-9-22/h2-9,14H,10-13H2,1H3. The molecule has 152 valence electrons. The lowest BCUT2D eigenvalue weighted by molar-refractivity contribution is 0.0698. The summed E-state index contributed by atoms with van der Waals surface area (Å²) in [4.78, 5) is 14.8. The number of hydrogen-bond donors (Lipinski definition) is 0. The lowest BCUT2D eigenvalue weighted by Crippen LogP contribution is -2.50. The zero-order chi connectivity index (χ0) is 20.6. The minimum absolute atomic E-state index is 0.227. The van der Waals surface area contributed by atoms with E-state index in [4.69, 9.17) is 0 Å². The molecule has 3 aromatic rings. The number of carbonyl (C=O) groups is 1. The highest BCUT2D eigenvalue weighted by Crippen LogP contribution is 2.22. The fraction of sp³-hybridized carbons (Fsp3) is 0.263. The highest BCUT2D eigenvalue weighted by molar-refractivity contribution is 7.88. The van der Waals surface area contributed by atoms with Gasteiger partial charge in [0.1, 0.15) is 11.4 Å². The van der Waals surface area contributed by atoms with E-state index >= 15 is 0 Å². The third kappa shape index (κ3) is 3.81. The van der Waals surface area contributed by atoms with Crippen molar-refractivity contribution in [3.8, 4) is 11.5 Å². The quantitative estimate of drug-likeness (QED) is 0.645. The van der Waals surface area contributed by atoms with Crippen LogP contribution in [0.2, 0.25) is 0 Å². The average Bonchev–Trinajstić information content (AvgIpc) is 3.37. The molecule has 1 aliphatic heterocycles. The van der Waals surface area contributed by atoms with Crippen LogP contribution in [0.15, 0.2) is 55.0 Å². The number of amides is 1. The number of nitrogens with zero attached hydrogens (tertiary/aromatic N) is 5. The van der Waals surface area contributed by atoms with Crippen molar-refractivity contribution >= 4 is 15.9 Å². The first kappa shape index (κ1) is 19.3. The van der Waals surface area contributed by atoms with Gasteiger partial charge in [-0.15, -0.1) is 0 Å². The highest BCUT2D eigenvalue weighted by atomic mass is 32.2. The Labute approximate surface area is 167 Å². The van der Waals surface area contributed by atoms with Crippen LogP contribution in [-0.4, -0.2) is 70.3 Å². The second-order valence-electron chi connectivity index (χ2n) is 6.81. The Morgan fingerprint density at radius 3 is 2.24 bits per heavy atom. The molecular weight excluding hydrogens is 397 g/mol. The van der Waals surface area contributed by atoms with Crippen LogP contribution in [-0.2, 0) is 10.0 Å². The van der Waals surface area contributed by atoms with Crippen molar-refractivity contribution in [3.05, 3.63) is 66.4 Å². The van der Waals surface area contributed by atoms with E-state index in [2.05, 4.69) is 5.10 Å². The lowest BCUT2D eigenvalue weighted by Gasteiger charge is -2.33. The number of hydrogen-bond acceptors (Lipinski definition) is 4. The molecule has 10 heteroatoms. The van der Waals surface area contributed by atoms with Crippen LogP contribution in [0.4, 0.5) is 4.39 Å². The van der Waals surface area contributed by atoms with E-state index in [1.807, 2.05) is 12.1 Å². The molecule has 0 saturated carbocycles. The van der Waals surface area contributed by atoms with Gasteiger partial charge in [0, 0.05) is 38.6 Å². The fourth-order valence-corrected chi connectivity index (χ4v) is 4.21. The van der Waals surface area contributed by atoms with Crippen molar-refractivity contribution in [2.45, 2.75) is 0 Å². The highest BCUT2D eigenvalue weighted by Gasteiger charge is 2.29. The molecule has 0 spiro atoms. The van der Waals surface area contributed by atoms with E-state index in [0.717, 1.165) is 0 Å². The Balaban J connectivity index is 1.68. The van der Waals surface area contributed by atoms with Crippen LogP contribution in [0.25, 0.3) is 11.5 Å². The molecule has 3 heterocycles. The van der Waals surface area contributed by atoms with Gasteiger partial charge in [-0.05, 0) is 36.4 Å². The van der Waals surface area contributed by atoms with Crippen LogP contribution in [0.5, 0.6) is 0 Å². The molecule has 2 aromatic heterocycles. The number of carbonyl (C=O) groups excluding carboxylic acids is 1. The van der Waals surface area contributed by atoms with Crippen molar-refractivity contribution in [1.29, 1.82) is 0 Å². The first-order chi connectivity index (χ1) is 13.8. The van der Waals surface area contributed by atoms with Gasteiger partial charge in [0.25, 0.3) is 5.91 Å². The molecule has 8 nitrogen and oxygen atoms in total. The molecule has 0 atom stereocenters. The normalized spacial score (nSPS) is 15.6. The zero-order valence-corrected chi connectivity index (χ0v) is 16.6. The Morgan fingerprint density at radius 2 is 1.66 bits per heavy atom. The van der Waals surface area contributed by atoms with E-state index in [-0.39, 0.29) is 24.8 Å². The van der Waals surface area contributed by atoms with Crippen molar-refractivity contribution in [2.24, 2.45) is 0 Å². The van der Waals surface area contributed by atoms with E-state index in [1.165, 1.54) is 28.9 Å². The fourth-order valence-electron chi connectivity index (χ4n) is 3.38. The first-order valence-corrected chi connectivity index (χ1v) is 10.9. The summed E-state index contributed by atoms with van der Waals surface area (Å²) < 4.78 is 41.5. The second-order valence-corrected chi connectivity index (χ2v) is 8.80. The predicted molar refractivity (Wildman–Crippen MR) is 105 cm³/mol. The number of halogens is 1. The van der Waals surface area contributed by atoms with Crippen LogP contribution in [0.1, 0.15) is 10.4 Å². The number of benzene rings is 1. The maximum atomic E-state index is 13.3. The van der Waals surface area contributed by atoms with E-state index in [0.29, 0.717) is 30.2 Å². The van der Waals surface area contributed by atoms with Gasteiger partial charge in [-0.2, -0.15) is 9.40 Å². The molecule has 1 amide bonds. The molecule has 0 unspecified atom stereocenters. The Kier molecular flexibility index (Phi) is 4.97. The van der Waals surface area contributed by atoms with Gasteiger partial charge in [0.2, 0.25) is 10.0 Å². The topological polar surface area (TPSA) is 80.4 Å².